The number of anilines is 1. The number of hydrogen-bond donors (Lipinski definition) is 1. The fourth-order valence-electron chi connectivity index (χ4n) is 1.27. The Morgan fingerprint density at radius 3 is 2.72 bits per heavy atom. The van der Waals surface area contributed by atoms with Crippen LogP contribution in [0.5, 0.6) is 5.88 Å². The summed E-state index contributed by atoms with van der Waals surface area (Å²) in [5.41, 5.74) is 0.615. The lowest BCUT2D eigenvalue weighted by Gasteiger charge is -2.08. The second kappa shape index (κ2) is 5.59. The van der Waals surface area contributed by atoms with Crippen molar-refractivity contribution in [3.8, 4) is 5.88 Å². The van der Waals surface area contributed by atoms with Crippen molar-refractivity contribution in [1.29, 1.82) is 0 Å². The monoisotopic (exact) mass is 263 g/mol. The van der Waals surface area contributed by atoms with E-state index in [9.17, 15) is 4.79 Å². The Bertz CT molecular complexity index is 509. The molecule has 0 unspecified atom stereocenters. The van der Waals surface area contributed by atoms with Crippen molar-refractivity contribution in [2.45, 2.75) is 20.0 Å². The predicted molar refractivity (Wildman–Crippen MR) is 70.1 cm³/mol. The molecule has 18 heavy (non-hydrogen) atoms. The largest absolute Gasteiger partial charge is 0.474 e. The number of nitrogens with one attached hydrogen (secondary N) is 1. The molecule has 2 aromatic heterocycles. The summed E-state index contributed by atoms with van der Waals surface area (Å²) >= 11 is 1.47. The molecule has 2 rings (SSSR count). The summed E-state index contributed by atoms with van der Waals surface area (Å²) in [7, 11) is 0. The van der Waals surface area contributed by atoms with Gasteiger partial charge >= 0.3 is 0 Å². The number of carbonyl (C=O) groups is 1. The molecule has 0 aliphatic heterocycles. The van der Waals surface area contributed by atoms with Crippen LogP contribution in [0.1, 0.15) is 24.2 Å². The first kappa shape index (κ1) is 12.5. The standard InChI is InChI=1S/C12H13N3O2S/c1-8(2)17-11-4-3-10(14-15-11)13-12(16)9-5-6-18-7-9/h3-8H,1-2H3,(H,13,14,16). The summed E-state index contributed by atoms with van der Waals surface area (Å²) in [5, 5.41) is 14.0. The Labute approximate surface area is 109 Å². The number of aromatic nitrogens is 2. The second-order valence-electron chi connectivity index (χ2n) is 3.89. The Hall–Kier alpha value is -1.95. The highest BCUT2D eigenvalue weighted by molar-refractivity contribution is 7.08. The molecule has 94 valence electrons. The summed E-state index contributed by atoms with van der Waals surface area (Å²) in [6, 6.07) is 5.09. The van der Waals surface area contributed by atoms with E-state index in [4.69, 9.17) is 4.74 Å². The minimum Gasteiger partial charge on any atom is -0.474 e. The van der Waals surface area contributed by atoms with Gasteiger partial charge in [-0.05, 0) is 31.4 Å². The number of thiophene rings is 1. The lowest BCUT2D eigenvalue weighted by atomic mass is 10.3. The normalized spacial score (nSPS) is 10.4. The van der Waals surface area contributed by atoms with Gasteiger partial charge in [0.15, 0.2) is 5.82 Å². The lowest BCUT2D eigenvalue weighted by molar-refractivity contribution is 0.102. The number of nitrogens with zero attached hydrogens (tertiary/aromatic N) is 2. The molecule has 0 radical (unpaired) electrons. The number of amides is 1. The third-order valence-electron chi connectivity index (χ3n) is 2.02. The van der Waals surface area contributed by atoms with Crippen molar-refractivity contribution in [3.05, 3.63) is 34.5 Å². The fourth-order valence-corrected chi connectivity index (χ4v) is 1.91. The predicted octanol–water partition coefficient (Wildman–Crippen LogP) is 2.58. The molecular formula is C12H13N3O2S. The van der Waals surface area contributed by atoms with Crippen LogP contribution in [0.15, 0.2) is 29.0 Å². The molecule has 5 nitrogen and oxygen atoms in total. The molecule has 0 aliphatic rings. The molecular weight excluding hydrogens is 250 g/mol. The smallest absolute Gasteiger partial charge is 0.257 e. The molecule has 0 spiro atoms. The first-order chi connectivity index (χ1) is 8.65. The average molecular weight is 263 g/mol. The van der Waals surface area contributed by atoms with Crippen LogP contribution in [0.2, 0.25) is 0 Å². The maximum atomic E-state index is 11.7. The lowest BCUT2D eigenvalue weighted by Crippen LogP contribution is -2.13. The van der Waals surface area contributed by atoms with Gasteiger partial charge in [0.05, 0.1) is 11.7 Å². The van der Waals surface area contributed by atoms with Gasteiger partial charge in [-0.3, -0.25) is 4.79 Å². The van der Waals surface area contributed by atoms with Gasteiger partial charge in [0.25, 0.3) is 5.91 Å². The summed E-state index contributed by atoms with van der Waals surface area (Å²) in [5.74, 6) is 0.656. The summed E-state index contributed by atoms with van der Waals surface area (Å²) in [6.45, 7) is 3.82. The SMILES string of the molecule is CC(C)Oc1ccc(NC(=O)c2ccsc2)nn1. The van der Waals surface area contributed by atoms with Crippen LogP contribution >= 0.6 is 11.3 Å². The summed E-state index contributed by atoms with van der Waals surface area (Å²) in [6.07, 6.45) is 0.0468. The van der Waals surface area contributed by atoms with Gasteiger partial charge in [0.2, 0.25) is 5.88 Å². The molecule has 2 heterocycles. The van der Waals surface area contributed by atoms with Crippen LogP contribution in [0, 0.1) is 0 Å². The topological polar surface area (TPSA) is 64.1 Å². The molecule has 2 aromatic rings. The zero-order valence-electron chi connectivity index (χ0n) is 10.1. The van der Waals surface area contributed by atoms with Crippen molar-refractivity contribution in [1.82, 2.24) is 10.2 Å². The molecule has 0 atom stereocenters. The molecule has 1 amide bonds. The first-order valence-electron chi connectivity index (χ1n) is 5.49. The van der Waals surface area contributed by atoms with Gasteiger partial charge in [-0.15, -0.1) is 10.2 Å². The fraction of sp³-hybridized carbons (Fsp3) is 0.250. The maximum Gasteiger partial charge on any atom is 0.257 e. The van der Waals surface area contributed by atoms with E-state index in [2.05, 4.69) is 15.5 Å². The first-order valence-corrected chi connectivity index (χ1v) is 6.43. The number of rotatable bonds is 4. The second-order valence-corrected chi connectivity index (χ2v) is 4.67. The molecule has 0 saturated carbocycles. The van der Waals surface area contributed by atoms with E-state index in [1.165, 1.54) is 11.3 Å². The average Bonchev–Trinajstić information content (AvgIpc) is 2.84. The van der Waals surface area contributed by atoms with Gasteiger partial charge in [-0.1, -0.05) is 0 Å². The van der Waals surface area contributed by atoms with Gasteiger partial charge < -0.3 is 10.1 Å². The van der Waals surface area contributed by atoms with Crippen LogP contribution in [-0.4, -0.2) is 22.2 Å². The highest BCUT2D eigenvalue weighted by atomic mass is 32.1. The Morgan fingerprint density at radius 2 is 2.17 bits per heavy atom. The van der Waals surface area contributed by atoms with Crippen molar-refractivity contribution in [3.63, 3.8) is 0 Å². The van der Waals surface area contributed by atoms with Gasteiger partial charge in [0.1, 0.15) is 0 Å². The van der Waals surface area contributed by atoms with Crippen molar-refractivity contribution in [2.75, 3.05) is 5.32 Å². The zero-order valence-corrected chi connectivity index (χ0v) is 10.9. The van der Waals surface area contributed by atoms with Crippen LogP contribution in [0.4, 0.5) is 5.82 Å². The van der Waals surface area contributed by atoms with Crippen molar-refractivity contribution in [2.24, 2.45) is 0 Å². The Morgan fingerprint density at radius 1 is 1.33 bits per heavy atom. The van der Waals surface area contributed by atoms with E-state index in [-0.39, 0.29) is 12.0 Å². The molecule has 0 aromatic carbocycles. The van der Waals surface area contributed by atoms with E-state index < -0.39 is 0 Å². The molecule has 0 aliphatic carbocycles. The van der Waals surface area contributed by atoms with Crippen LogP contribution in [0.25, 0.3) is 0 Å². The molecule has 0 bridgehead atoms. The van der Waals surface area contributed by atoms with Crippen molar-refractivity contribution < 1.29 is 9.53 Å². The Kier molecular flexibility index (Phi) is 3.88. The van der Waals surface area contributed by atoms with Crippen LogP contribution in [-0.2, 0) is 0 Å². The van der Waals surface area contributed by atoms with E-state index >= 15 is 0 Å². The van der Waals surface area contributed by atoms with Crippen LogP contribution < -0.4 is 10.1 Å². The number of carbonyl (C=O) groups excluding carboxylic acids is 1. The third kappa shape index (κ3) is 3.27. The van der Waals surface area contributed by atoms with Crippen LogP contribution in [0.3, 0.4) is 0 Å². The molecule has 6 heteroatoms. The minimum atomic E-state index is -0.192. The Balaban J connectivity index is 2.00. The highest BCUT2D eigenvalue weighted by Gasteiger charge is 2.07. The van der Waals surface area contributed by atoms with Gasteiger partial charge in [-0.2, -0.15) is 11.3 Å². The zero-order chi connectivity index (χ0) is 13.0. The van der Waals surface area contributed by atoms with E-state index in [1.807, 2.05) is 19.2 Å². The molecule has 1 N–H and O–H groups in total. The third-order valence-corrected chi connectivity index (χ3v) is 2.70. The van der Waals surface area contributed by atoms with E-state index in [1.54, 1.807) is 23.6 Å². The quantitative estimate of drug-likeness (QED) is 0.920. The number of hydrogen-bond acceptors (Lipinski definition) is 5. The number of ether oxygens (including phenoxy) is 1. The molecule has 0 saturated heterocycles. The molecule has 0 fully saturated rings. The van der Waals surface area contributed by atoms with Crippen molar-refractivity contribution >= 4 is 23.1 Å². The summed E-state index contributed by atoms with van der Waals surface area (Å²) < 4.78 is 5.36. The highest BCUT2D eigenvalue weighted by Crippen LogP contribution is 2.12. The van der Waals surface area contributed by atoms with Gasteiger partial charge in [0, 0.05) is 11.4 Å². The minimum absolute atomic E-state index is 0.0468. The summed E-state index contributed by atoms with van der Waals surface area (Å²) in [4.78, 5) is 11.7. The van der Waals surface area contributed by atoms with E-state index in [0.29, 0.717) is 17.3 Å². The van der Waals surface area contributed by atoms with Gasteiger partial charge in [-0.25, -0.2) is 0 Å². The van der Waals surface area contributed by atoms with E-state index in [0.717, 1.165) is 0 Å². The maximum absolute atomic E-state index is 11.7.